The van der Waals surface area contributed by atoms with E-state index in [1.165, 1.54) is 102 Å². The number of quaternary nitrogens is 1. The third kappa shape index (κ3) is 14.8. The van der Waals surface area contributed by atoms with Gasteiger partial charge in [0.15, 0.2) is 5.84 Å². The van der Waals surface area contributed by atoms with E-state index < -0.39 is 0 Å². The van der Waals surface area contributed by atoms with Gasteiger partial charge in [0, 0.05) is 12.3 Å². The number of rotatable bonds is 22. The quantitative estimate of drug-likeness (QED) is 0.139. The number of alkyl halides is 1. The lowest BCUT2D eigenvalue weighted by Crippen LogP contribution is -3.00. The zero-order chi connectivity index (χ0) is 21.8. The molecule has 0 saturated carbocycles. The molecule has 1 aliphatic heterocycles. The topological polar surface area (TPSA) is 32.6 Å². The standard InChI is InChI=1S/C26H52ClN2O.ClH/c1-2-3-4-5-6-7-8-9-10-11-12-13-14-15-16-19-26-28-21-23-29(26,24-25-30)22-18-17-20-27;/h30H,2-25H2,1H3;1H/q+1;/p-1. The molecule has 0 spiro atoms. The summed E-state index contributed by atoms with van der Waals surface area (Å²) in [6.07, 6.45) is 24.5. The predicted octanol–water partition coefficient (Wildman–Crippen LogP) is 4.49. The summed E-state index contributed by atoms with van der Waals surface area (Å²) in [5.74, 6) is 2.10. The molecule has 0 aromatic heterocycles. The van der Waals surface area contributed by atoms with Crippen molar-refractivity contribution in [2.45, 2.75) is 122 Å². The predicted molar refractivity (Wildman–Crippen MR) is 134 cm³/mol. The van der Waals surface area contributed by atoms with Crippen molar-refractivity contribution in [2.24, 2.45) is 4.99 Å². The van der Waals surface area contributed by atoms with E-state index in [0.29, 0.717) is 0 Å². The summed E-state index contributed by atoms with van der Waals surface area (Å²) in [6.45, 7) is 6.51. The Bertz CT molecular complexity index is 420. The largest absolute Gasteiger partial charge is 1.00 e. The normalized spacial score (nSPS) is 18.2. The van der Waals surface area contributed by atoms with E-state index in [9.17, 15) is 5.11 Å². The van der Waals surface area contributed by atoms with Gasteiger partial charge in [-0.05, 0) is 19.3 Å². The van der Waals surface area contributed by atoms with Gasteiger partial charge in [0.25, 0.3) is 0 Å². The smallest absolute Gasteiger partial charge is 0.198 e. The molecule has 1 aliphatic rings. The van der Waals surface area contributed by atoms with E-state index in [4.69, 9.17) is 16.6 Å². The number of nitrogens with zero attached hydrogens (tertiary/aromatic N) is 2. The molecule has 186 valence electrons. The average Bonchev–Trinajstić information content (AvgIpc) is 3.13. The van der Waals surface area contributed by atoms with Crippen molar-refractivity contribution in [3.63, 3.8) is 0 Å². The van der Waals surface area contributed by atoms with Crippen molar-refractivity contribution >= 4 is 17.4 Å². The zero-order valence-electron chi connectivity index (χ0n) is 20.6. The zero-order valence-corrected chi connectivity index (χ0v) is 22.1. The van der Waals surface area contributed by atoms with Gasteiger partial charge in [-0.25, -0.2) is 4.99 Å². The number of aliphatic hydroxyl groups excluding tert-OH is 1. The Morgan fingerprint density at radius 1 is 0.742 bits per heavy atom. The van der Waals surface area contributed by atoms with Crippen molar-refractivity contribution in [2.75, 3.05) is 38.7 Å². The SMILES string of the molecule is CCCCCCCCCCCCCCCCCC1=NCC[N+]1(CCO)CCCCCl.[Cl-]. The van der Waals surface area contributed by atoms with E-state index in [-0.39, 0.29) is 19.0 Å². The van der Waals surface area contributed by atoms with Gasteiger partial charge >= 0.3 is 0 Å². The second kappa shape index (κ2) is 22.0. The molecule has 31 heavy (non-hydrogen) atoms. The molecule has 0 aromatic carbocycles. The van der Waals surface area contributed by atoms with Crippen LogP contribution in [0.1, 0.15) is 122 Å². The van der Waals surface area contributed by atoms with E-state index in [2.05, 4.69) is 6.92 Å². The molecule has 1 atom stereocenters. The molecule has 0 amide bonds. The van der Waals surface area contributed by atoms with Gasteiger partial charge in [-0.1, -0.05) is 96.8 Å². The maximum atomic E-state index is 9.57. The molecule has 1 unspecified atom stereocenters. The van der Waals surface area contributed by atoms with Crippen LogP contribution < -0.4 is 12.4 Å². The van der Waals surface area contributed by atoms with Crippen LogP contribution in [0.25, 0.3) is 0 Å². The van der Waals surface area contributed by atoms with Crippen LogP contribution in [0.5, 0.6) is 0 Å². The van der Waals surface area contributed by atoms with Crippen molar-refractivity contribution in [1.29, 1.82) is 0 Å². The summed E-state index contributed by atoms with van der Waals surface area (Å²) in [4.78, 5) is 4.83. The highest BCUT2D eigenvalue weighted by Crippen LogP contribution is 2.22. The molecule has 0 radical (unpaired) electrons. The highest BCUT2D eigenvalue weighted by atomic mass is 35.5. The first-order valence-electron chi connectivity index (χ1n) is 13.4. The highest BCUT2D eigenvalue weighted by molar-refractivity contribution is 6.17. The number of hydrogen-bond acceptors (Lipinski definition) is 2. The first kappa shape index (κ1) is 31.2. The van der Waals surface area contributed by atoms with Crippen LogP contribution in [-0.4, -0.2) is 54.1 Å². The van der Waals surface area contributed by atoms with Crippen LogP contribution >= 0.6 is 11.6 Å². The van der Waals surface area contributed by atoms with E-state index in [0.717, 1.165) is 55.8 Å². The number of unbranched alkanes of at least 4 members (excludes halogenated alkanes) is 15. The second-order valence-corrected chi connectivity index (χ2v) is 9.81. The summed E-state index contributed by atoms with van der Waals surface area (Å²) < 4.78 is 0.937. The number of hydrogen-bond donors (Lipinski definition) is 1. The van der Waals surface area contributed by atoms with Crippen LogP contribution in [0.3, 0.4) is 0 Å². The summed E-state index contributed by atoms with van der Waals surface area (Å²) in [5, 5.41) is 9.57. The number of aliphatic hydroxyl groups is 1. The van der Waals surface area contributed by atoms with Crippen LogP contribution in [0.15, 0.2) is 4.99 Å². The fourth-order valence-corrected chi connectivity index (χ4v) is 5.10. The maximum Gasteiger partial charge on any atom is 0.198 e. The van der Waals surface area contributed by atoms with Crippen molar-refractivity contribution in [3.05, 3.63) is 0 Å². The first-order valence-corrected chi connectivity index (χ1v) is 13.9. The molecular weight excluding hydrogens is 427 g/mol. The monoisotopic (exact) mass is 478 g/mol. The molecule has 0 bridgehead atoms. The summed E-state index contributed by atoms with van der Waals surface area (Å²) >= 11 is 5.87. The van der Waals surface area contributed by atoms with Crippen molar-refractivity contribution in [3.8, 4) is 0 Å². The van der Waals surface area contributed by atoms with Gasteiger partial charge in [-0.2, -0.15) is 0 Å². The number of halogens is 2. The van der Waals surface area contributed by atoms with Crippen LogP contribution in [0.4, 0.5) is 0 Å². The van der Waals surface area contributed by atoms with E-state index in [1.807, 2.05) is 0 Å². The first-order chi connectivity index (χ1) is 14.8. The highest BCUT2D eigenvalue weighted by Gasteiger charge is 2.36. The second-order valence-electron chi connectivity index (χ2n) is 9.43. The fourth-order valence-electron chi connectivity index (χ4n) is 4.91. The minimum Gasteiger partial charge on any atom is -1.00 e. The molecule has 1 rings (SSSR count). The van der Waals surface area contributed by atoms with Gasteiger partial charge in [-0.3, -0.25) is 4.48 Å². The lowest BCUT2D eigenvalue weighted by Gasteiger charge is -2.34. The van der Waals surface area contributed by atoms with Gasteiger partial charge < -0.3 is 17.5 Å². The lowest BCUT2D eigenvalue weighted by atomic mass is 10.0. The molecule has 5 heteroatoms. The minimum absolute atomic E-state index is 0. The third-order valence-corrected chi connectivity index (χ3v) is 7.14. The van der Waals surface area contributed by atoms with E-state index in [1.54, 1.807) is 0 Å². The van der Waals surface area contributed by atoms with Gasteiger partial charge in [0.1, 0.15) is 13.1 Å². The maximum absolute atomic E-state index is 9.57. The molecule has 0 fully saturated rings. The van der Waals surface area contributed by atoms with Crippen LogP contribution in [-0.2, 0) is 0 Å². The molecule has 3 nitrogen and oxygen atoms in total. The van der Waals surface area contributed by atoms with Gasteiger partial charge in [0.05, 0.1) is 19.7 Å². The van der Waals surface area contributed by atoms with E-state index >= 15 is 0 Å². The summed E-state index contributed by atoms with van der Waals surface area (Å²) in [5.41, 5.74) is 0. The molecule has 1 heterocycles. The lowest BCUT2D eigenvalue weighted by molar-refractivity contribution is -0.837. The average molecular weight is 480 g/mol. The molecular formula is C26H52Cl2N2O. The minimum atomic E-state index is 0. The van der Waals surface area contributed by atoms with Gasteiger partial charge in [0.2, 0.25) is 0 Å². The Labute approximate surface area is 205 Å². The third-order valence-electron chi connectivity index (χ3n) is 6.87. The Morgan fingerprint density at radius 2 is 1.26 bits per heavy atom. The Morgan fingerprint density at radius 3 is 1.74 bits per heavy atom. The summed E-state index contributed by atoms with van der Waals surface area (Å²) in [6, 6.07) is 0. The summed E-state index contributed by atoms with van der Waals surface area (Å²) in [7, 11) is 0. The van der Waals surface area contributed by atoms with Crippen LogP contribution in [0.2, 0.25) is 0 Å². The fraction of sp³-hybridized carbons (Fsp3) is 0.962. The number of amidine groups is 1. The van der Waals surface area contributed by atoms with Crippen molar-refractivity contribution < 1.29 is 22.0 Å². The Kier molecular flexibility index (Phi) is 22.1. The molecule has 0 aliphatic carbocycles. The van der Waals surface area contributed by atoms with Crippen molar-refractivity contribution in [1.82, 2.24) is 0 Å². The van der Waals surface area contributed by atoms with Gasteiger partial charge in [-0.15, -0.1) is 11.6 Å². The van der Waals surface area contributed by atoms with Crippen LogP contribution in [0, 0.1) is 0 Å². The Balaban J connectivity index is 0.00000900. The molecule has 0 saturated heterocycles. The molecule has 0 aromatic rings. The molecule has 1 N–H and O–H groups in total. The number of aliphatic imine (C=N–C) groups is 1. The Hall–Kier alpha value is 0.170.